The largest absolute Gasteiger partial charge is 0.374 e. The Balaban J connectivity index is 1.74. The summed E-state index contributed by atoms with van der Waals surface area (Å²) in [4.78, 5) is 17.4. The molecule has 2 atom stereocenters. The topological polar surface area (TPSA) is 57.3 Å². The van der Waals surface area contributed by atoms with Gasteiger partial charge in [-0.05, 0) is 26.0 Å². The third-order valence-corrected chi connectivity index (χ3v) is 4.90. The Morgan fingerprint density at radius 1 is 1.36 bits per heavy atom. The van der Waals surface area contributed by atoms with Crippen molar-refractivity contribution in [3.05, 3.63) is 18.1 Å². The third kappa shape index (κ3) is 2.27. The first kappa shape index (κ1) is 14.0. The molecule has 22 heavy (non-hydrogen) atoms. The number of fused-ring (bicyclic) bond motifs is 2. The minimum Gasteiger partial charge on any atom is -0.374 e. The number of hydrogen-bond donors (Lipinski definition) is 1. The van der Waals surface area contributed by atoms with Gasteiger partial charge in [0.1, 0.15) is 17.3 Å². The number of aromatic amines is 1. The molecule has 2 aromatic rings. The van der Waals surface area contributed by atoms with Crippen LogP contribution in [0.2, 0.25) is 0 Å². The molecule has 0 unspecified atom stereocenters. The van der Waals surface area contributed by atoms with E-state index in [4.69, 9.17) is 9.72 Å². The van der Waals surface area contributed by atoms with Gasteiger partial charge in [-0.3, -0.25) is 0 Å². The normalized spacial score (nSPS) is 26.4. The maximum Gasteiger partial charge on any atom is 0.143 e. The second-order valence-electron chi connectivity index (χ2n) is 6.19. The van der Waals surface area contributed by atoms with Gasteiger partial charge < -0.3 is 19.5 Å². The molecule has 0 amide bonds. The Hall–Kier alpha value is -1.66. The van der Waals surface area contributed by atoms with Crippen molar-refractivity contribution in [3.8, 4) is 0 Å². The fraction of sp³-hybridized carbons (Fsp3) is 0.625. The monoisotopic (exact) mass is 301 g/mol. The van der Waals surface area contributed by atoms with Crippen LogP contribution in [0.1, 0.15) is 19.2 Å². The Bertz CT molecular complexity index is 670. The highest BCUT2D eigenvalue weighted by atomic mass is 16.5. The van der Waals surface area contributed by atoms with E-state index in [1.165, 1.54) is 0 Å². The molecular formula is C16H23N5O. The summed E-state index contributed by atoms with van der Waals surface area (Å²) in [5, 5.41) is 1.11. The van der Waals surface area contributed by atoms with E-state index in [0.29, 0.717) is 12.1 Å². The zero-order valence-electron chi connectivity index (χ0n) is 13.2. The predicted molar refractivity (Wildman–Crippen MR) is 86.2 cm³/mol. The van der Waals surface area contributed by atoms with Crippen LogP contribution in [0.3, 0.4) is 0 Å². The first-order valence-electron chi connectivity index (χ1n) is 8.18. The molecule has 118 valence electrons. The van der Waals surface area contributed by atoms with Gasteiger partial charge in [0.15, 0.2) is 0 Å². The molecule has 0 aromatic carbocycles. The number of H-pyrrole nitrogens is 1. The van der Waals surface area contributed by atoms with Crippen LogP contribution in [0, 0.1) is 6.92 Å². The van der Waals surface area contributed by atoms with Crippen molar-refractivity contribution >= 4 is 16.9 Å². The molecule has 2 aliphatic rings. The summed E-state index contributed by atoms with van der Waals surface area (Å²) in [6, 6.07) is 2.46. The van der Waals surface area contributed by atoms with E-state index in [2.05, 4.69) is 32.8 Å². The zero-order chi connectivity index (χ0) is 15.1. The lowest BCUT2D eigenvalue weighted by Crippen LogP contribution is -2.60. The highest BCUT2D eigenvalue weighted by Gasteiger charge is 2.38. The van der Waals surface area contributed by atoms with Crippen LogP contribution in [0.5, 0.6) is 0 Å². The molecule has 2 aromatic heterocycles. The van der Waals surface area contributed by atoms with Gasteiger partial charge in [-0.2, -0.15) is 0 Å². The average molecular weight is 301 g/mol. The summed E-state index contributed by atoms with van der Waals surface area (Å²) in [5.41, 5.74) is 0.925. The van der Waals surface area contributed by atoms with Gasteiger partial charge in [0.2, 0.25) is 0 Å². The number of hydrogen-bond acceptors (Lipinski definition) is 5. The number of likely N-dealkylation sites (tertiary alicyclic amines) is 1. The molecular weight excluding hydrogens is 278 g/mol. The van der Waals surface area contributed by atoms with Crippen LogP contribution in [-0.2, 0) is 4.74 Å². The SMILES string of the molecule is CCN1CC[C@H]2OCCN(c3nc(C)nc4[nH]ccc34)[C@H]2C1. The van der Waals surface area contributed by atoms with Crippen LogP contribution < -0.4 is 4.90 Å². The van der Waals surface area contributed by atoms with Gasteiger partial charge in [0.05, 0.1) is 24.1 Å². The summed E-state index contributed by atoms with van der Waals surface area (Å²) in [5.74, 6) is 1.87. The number of anilines is 1. The number of likely N-dealkylation sites (N-methyl/N-ethyl adjacent to an activating group) is 1. The quantitative estimate of drug-likeness (QED) is 0.912. The highest BCUT2D eigenvalue weighted by Crippen LogP contribution is 2.31. The van der Waals surface area contributed by atoms with Crippen molar-refractivity contribution in [2.45, 2.75) is 32.4 Å². The molecule has 6 nitrogen and oxygen atoms in total. The van der Waals surface area contributed by atoms with Gasteiger partial charge in [0.25, 0.3) is 0 Å². The van der Waals surface area contributed by atoms with E-state index < -0.39 is 0 Å². The summed E-state index contributed by atoms with van der Waals surface area (Å²) >= 11 is 0. The van der Waals surface area contributed by atoms with Gasteiger partial charge >= 0.3 is 0 Å². The molecule has 4 heterocycles. The Labute approximate surface area is 130 Å². The number of nitrogens with zero attached hydrogens (tertiary/aromatic N) is 4. The molecule has 0 aliphatic carbocycles. The number of morpholine rings is 1. The zero-order valence-corrected chi connectivity index (χ0v) is 13.2. The summed E-state index contributed by atoms with van der Waals surface area (Å²) in [6.07, 6.45) is 3.37. The van der Waals surface area contributed by atoms with E-state index in [1.54, 1.807) is 0 Å². The molecule has 0 bridgehead atoms. The molecule has 2 fully saturated rings. The average Bonchev–Trinajstić information content (AvgIpc) is 3.01. The number of aromatic nitrogens is 3. The predicted octanol–water partition coefficient (Wildman–Crippen LogP) is 1.57. The van der Waals surface area contributed by atoms with E-state index in [-0.39, 0.29) is 0 Å². The van der Waals surface area contributed by atoms with Crippen molar-refractivity contribution in [3.63, 3.8) is 0 Å². The van der Waals surface area contributed by atoms with Crippen molar-refractivity contribution in [1.29, 1.82) is 0 Å². The van der Waals surface area contributed by atoms with Gasteiger partial charge in [0, 0.05) is 25.8 Å². The maximum atomic E-state index is 6.03. The number of piperidine rings is 1. The molecule has 0 radical (unpaired) electrons. The van der Waals surface area contributed by atoms with Gasteiger partial charge in [-0.25, -0.2) is 9.97 Å². The van der Waals surface area contributed by atoms with E-state index in [1.807, 2.05) is 13.1 Å². The lowest BCUT2D eigenvalue weighted by Gasteiger charge is -2.47. The van der Waals surface area contributed by atoms with Crippen LogP contribution in [0.25, 0.3) is 11.0 Å². The smallest absolute Gasteiger partial charge is 0.143 e. The Morgan fingerprint density at radius 3 is 3.14 bits per heavy atom. The van der Waals surface area contributed by atoms with E-state index >= 15 is 0 Å². The number of nitrogens with one attached hydrogen (secondary N) is 1. The minimum atomic E-state index is 0.320. The summed E-state index contributed by atoms with van der Waals surface area (Å²) in [6.45, 7) is 9.15. The second-order valence-corrected chi connectivity index (χ2v) is 6.19. The lowest BCUT2D eigenvalue weighted by molar-refractivity contribution is -0.0280. The maximum absolute atomic E-state index is 6.03. The molecule has 2 saturated heterocycles. The van der Waals surface area contributed by atoms with Crippen molar-refractivity contribution in [2.24, 2.45) is 0 Å². The molecule has 2 aliphatic heterocycles. The third-order valence-electron chi connectivity index (χ3n) is 4.90. The summed E-state index contributed by atoms with van der Waals surface area (Å²) < 4.78 is 6.03. The second kappa shape index (κ2) is 5.52. The fourth-order valence-corrected chi connectivity index (χ4v) is 3.74. The van der Waals surface area contributed by atoms with Crippen molar-refractivity contribution in [2.75, 3.05) is 37.7 Å². The molecule has 6 heteroatoms. The molecule has 0 spiro atoms. The fourth-order valence-electron chi connectivity index (χ4n) is 3.74. The van der Waals surface area contributed by atoms with Crippen LogP contribution in [0.4, 0.5) is 5.82 Å². The lowest BCUT2D eigenvalue weighted by atomic mass is 9.98. The molecule has 4 rings (SSSR count). The number of aryl methyl sites for hydroxylation is 1. The Kier molecular flexibility index (Phi) is 3.50. The van der Waals surface area contributed by atoms with Gasteiger partial charge in [-0.15, -0.1) is 0 Å². The van der Waals surface area contributed by atoms with Crippen LogP contribution >= 0.6 is 0 Å². The number of ether oxygens (including phenoxy) is 1. The van der Waals surface area contributed by atoms with Gasteiger partial charge in [-0.1, -0.05) is 6.92 Å². The summed E-state index contributed by atoms with van der Waals surface area (Å²) in [7, 11) is 0. The molecule has 1 N–H and O–H groups in total. The minimum absolute atomic E-state index is 0.320. The van der Waals surface area contributed by atoms with E-state index in [0.717, 1.165) is 61.9 Å². The van der Waals surface area contributed by atoms with Crippen LogP contribution in [0.15, 0.2) is 12.3 Å². The Morgan fingerprint density at radius 2 is 2.27 bits per heavy atom. The number of rotatable bonds is 2. The van der Waals surface area contributed by atoms with Crippen molar-refractivity contribution < 1.29 is 4.74 Å². The first-order chi connectivity index (χ1) is 10.8. The standard InChI is InChI=1S/C16H23N5O/c1-3-20-7-5-14-13(10-20)21(8-9-22-14)16-12-4-6-17-15(12)18-11(2)19-16/h4,6,13-14H,3,5,7-10H2,1-2H3,(H,17,18,19)/t13-,14+/m0/s1. The first-order valence-corrected chi connectivity index (χ1v) is 8.18. The van der Waals surface area contributed by atoms with Crippen molar-refractivity contribution in [1.82, 2.24) is 19.9 Å². The molecule has 0 saturated carbocycles. The van der Waals surface area contributed by atoms with E-state index in [9.17, 15) is 0 Å². The van der Waals surface area contributed by atoms with Crippen LogP contribution in [-0.4, -0.2) is 64.8 Å². The highest BCUT2D eigenvalue weighted by molar-refractivity contribution is 5.87.